The molecule has 2 rings (SSSR count). The lowest BCUT2D eigenvalue weighted by atomic mass is 10.1. The van der Waals surface area contributed by atoms with E-state index < -0.39 is 0 Å². The number of benzene rings is 2. The zero-order valence-corrected chi connectivity index (χ0v) is 11.2. The fourth-order valence-electron chi connectivity index (χ4n) is 1.99. The van der Waals surface area contributed by atoms with Crippen LogP contribution in [0.3, 0.4) is 0 Å². The van der Waals surface area contributed by atoms with Gasteiger partial charge in [0.1, 0.15) is 6.10 Å². The maximum absolute atomic E-state index is 13.9. The Morgan fingerprint density at radius 1 is 1.16 bits per heavy atom. The maximum atomic E-state index is 13.9. The molecule has 0 radical (unpaired) electrons. The van der Waals surface area contributed by atoms with Crippen molar-refractivity contribution < 1.29 is 9.13 Å². The smallest absolute Gasteiger partial charge is 0.167 e. The SMILES string of the molecule is Cc1cccc(C(CN)Oc2cccc(C)c2F)c1. The fraction of sp³-hybridized carbons (Fsp3) is 0.250. The summed E-state index contributed by atoms with van der Waals surface area (Å²) in [6, 6.07) is 13.0. The van der Waals surface area contributed by atoms with Crippen molar-refractivity contribution in [3.8, 4) is 5.75 Å². The average Bonchev–Trinajstić information content (AvgIpc) is 2.40. The van der Waals surface area contributed by atoms with Gasteiger partial charge < -0.3 is 10.5 Å². The van der Waals surface area contributed by atoms with Gasteiger partial charge in [-0.05, 0) is 31.0 Å². The summed E-state index contributed by atoms with van der Waals surface area (Å²) in [7, 11) is 0. The molecule has 2 N–H and O–H groups in total. The van der Waals surface area contributed by atoms with E-state index >= 15 is 0 Å². The van der Waals surface area contributed by atoms with Crippen molar-refractivity contribution in [2.75, 3.05) is 6.54 Å². The topological polar surface area (TPSA) is 35.2 Å². The predicted molar refractivity (Wildman–Crippen MR) is 74.7 cm³/mol. The minimum absolute atomic E-state index is 0.247. The zero-order valence-electron chi connectivity index (χ0n) is 11.2. The zero-order chi connectivity index (χ0) is 13.8. The molecule has 0 bridgehead atoms. The molecule has 0 amide bonds. The van der Waals surface area contributed by atoms with E-state index in [0.29, 0.717) is 12.1 Å². The Hall–Kier alpha value is -1.87. The van der Waals surface area contributed by atoms with Crippen LogP contribution in [0.4, 0.5) is 4.39 Å². The Morgan fingerprint density at radius 3 is 2.58 bits per heavy atom. The van der Waals surface area contributed by atoms with E-state index in [1.54, 1.807) is 25.1 Å². The average molecular weight is 259 g/mol. The molecule has 0 saturated heterocycles. The van der Waals surface area contributed by atoms with Crippen molar-refractivity contribution >= 4 is 0 Å². The van der Waals surface area contributed by atoms with E-state index in [1.165, 1.54) is 0 Å². The first-order valence-electron chi connectivity index (χ1n) is 6.30. The van der Waals surface area contributed by atoms with E-state index in [2.05, 4.69) is 0 Å². The van der Waals surface area contributed by atoms with Crippen LogP contribution in [0.15, 0.2) is 42.5 Å². The molecule has 0 heterocycles. The number of rotatable bonds is 4. The van der Waals surface area contributed by atoms with Gasteiger partial charge in [0.2, 0.25) is 0 Å². The first-order chi connectivity index (χ1) is 9.11. The van der Waals surface area contributed by atoms with Crippen LogP contribution < -0.4 is 10.5 Å². The molecular weight excluding hydrogens is 241 g/mol. The fourth-order valence-corrected chi connectivity index (χ4v) is 1.99. The van der Waals surface area contributed by atoms with Crippen LogP contribution in [0.5, 0.6) is 5.75 Å². The van der Waals surface area contributed by atoms with Gasteiger partial charge in [0.15, 0.2) is 11.6 Å². The molecule has 0 aliphatic rings. The number of hydrogen-bond acceptors (Lipinski definition) is 2. The molecule has 1 atom stereocenters. The van der Waals surface area contributed by atoms with Crippen molar-refractivity contribution in [3.63, 3.8) is 0 Å². The Balaban J connectivity index is 2.26. The Kier molecular flexibility index (Phi) is 4.17. The summed E-state index contributed by atoms with van der Waals surface area (Å²) in [4.78, 5) is 0. The lowest BCUT2D eigenvalue weighted by molar-refractivity contribution is 0.204. The van der Waals surface area contributed by atoms with Gasteiger partial charge in [-0.1, -0.05) is 42.0 Å². The predicted octanol–water partition coefficient (Wildman–Crippen LogP) is 3.52. The van der Waals surface area contributed by atoms with Gasteiger partial charge in [0.25, 0.3) is 0 Å². The summed E-state index contributed by atoms with van der Waals surface area (Å²) >= 11 is 0. The number of aryl methyl sites for hydroxylation is 2. The van der Waals surface area contributed by atoms with Crippen LogP contribution in [0, 0.1) is 19.7 Å². The van der Waals surface area contributed by atoms with Crippen LogP contribution in [-0.4, -0.2) is 6.54 Å². The highest BCUT2D eigenvalue weighted by molar-refractivity contribution is 5.32. The van der Waals surface area contributed by atoms with Crippen LogP contribution in [-0.2, 0) is 0 Å². The van der Waals surface area contributed by atoms with Crippen molar-refractivity contribution in [3.05, 3.63) is 65.0 Å². The molecule has 1 unspecified atom stereocenters. The number of ether oxygens (including phenoxy) is 1. The molecule has 0 saturated carbocycles. The van der Waals surface area contributed by atoms with Gasteiger partial charge in [-0.25, -0.2) is 4.39 Å². The molecule has 3 heteroatoms. The van der Waals surface area contributed by atoms with Gasteiger partial charge in [0.05, 0.1) is 0 Å². The molecule has 2 nitrogen and oxygen atoms in total. The van der Waals surface area contributed by atoms with E-state index in [0.717, 1.165) is 11.1 Å². The lowest BCUT2D eigenvalue weighted by Gasteiger charge is -2.19. The Labute approximate surface area is 113 Å². The number of nitrogens with two attached hydrogens (primary N) is 1. The van der Waals surface area contributed by atoms with E-state index in [1.807, 2.05) is 31.2 Å². The number of halogens is 1. The van der Waals surface area contributed by atoms with Gasteiger partial charge in [-0.2, -0.15) is 0 Å². The maximum Gasteiger partial charge on any atom is 0.167 e. The van der Waals surface area contributed by atoms with Crippen molar-refractivity contribution in [1.29, 1.82) is 0 Å². The van der Waals surface area contributed by atoms with Crippen LogP contribution in [0.2, 0.25) is 0 Å². The molecule has 0 aliphatic carbocycles. The van der Waals surface area contributed by atoms with Crippen LogP contribution >= 0.6 is 0 Å². The van der Waals surface area contributed by atoms with Crippen molar-refractivity contribution in [1.82, 2.24) is 0 Å². The second kappa shape index (κ2) is 5.85. The molecule has 2 aromatic rings. The second-order valence-electron chi connectivity index (χ2n) is 4.64. The molecule has 19 heavy (non-hydrogen) atoms. The Bertz CT molecular complexity index is 568. The first kappa shape index (κ1) is 13.6. The van der Waals surface area contributed by atoms with Crippen LogP contribution in [0.1, 0.15) is 22.8 Å². The largest absolute Gasteiger partial charge is 0.481 e. The van der Waals surface area contributed by atoms with Gasteiger partial charge in [-0.3, -0.25) is 0 Å². The third-order valence-electron chi connectivity index (χ3n) is 3.05. The summed E-state index contributed by atoms with van der Waals surface area (Å²) in [5.74, 6) is -0.0782. The standard InChI is InChI=1S/C16H18FNO/c1-11-5-3-7-13(9-11)15(10-18)19-14-8-4-6-12(2)16(14)17/h3-9,15H,10,18H2,1-2H3. The van der Waals surface area contributed by atoms with E-state index in [-0.39, 0.29) is 17.7 Å². The van der Waals surface area contributed by atoms with Crippen molar-refractivity contribution in [2.24, 2.45) is 5.73 Å². The molecule has 0 fully saturated rings. The monoisotopic (exact) mass is 259 g/mol. The summed E-state index contributed by atoms with van der Waals surface area (Å²) in [5, 5.41) is 0. The summed E-state index contributed by atoms with van der Waals surface area (Å²) < 4.78 is 19.6. The third-order valence-corrected chi connectivity index (χ3v) is 3.05. The molecular formula is C16H18FNO. The lowest BCUT2D eigenvalue weighted by Crippen LogP contribution is -2.19. The molecule has 0 aliphatic heterocycles. The first-order valence-corrected chi connectivity index (χ1v) is 6.30. The highest BCUT2D eigenvalue weighted by atomic mass is 19.1. The normalized spacial score (nSPS) is 12.2. The highest BCUT2D eigenvalue weighted by Crippen LogP contribution is 2.26. The second-order valence-corrected chi connectivity index (χ2v) is 4.64. The molecule has 0 aromatic heterocycles. The van der Waals surface area contributed by atoms with Gasteiger partial charge in [0, 0.05) is 6.54 Å². The van der Waals surface area contributed by atoms with E-state index in [4.69, 9.17) is 10.5 Å². The highest BCUT2D eigenvalue weighted by Gasteiger charge is 2.14. The Morgan fingerprint density at radius 2 is 1.89 bits per heavy atom. The minimum Gasteiger partial charge on any atom is -0.481 e. The van der Waals surface area contributed by atoms with E-state index in [9.17, 15) is 4.39 Å². The number of hydrogen-bond donors (Lipinski definition) is 1. The third kappa shape index (κ3) is 3.12. The molecule has 2 aromatic carbocycles. The summed E-state index contributed by atoms with van der Waals surface area (Å²) in [6.07, 6.45) is -0.337. The quantitative estimate of drug-likeness (QED) is 0.911. The summed E-state index contributed by atoms with van der Waals surface area (Å²) in [5.41, 5.74) is 8.40. The minimum atomic E-state index is -0.337. The van der Waals surface area contributed by atoms with Gasteiger partial charge in [-0.15, -0.1) is 0 Å². The summed E-state index contributed by atoms with van der Waals surface area (Å²) in [6.45, 7) is 4.02. The van der Waals surface area contributed by atoms with Crippen LogP contribution in [0.25, 0.3) is 0 Å². The van der Waals surface area contributed by atoms with Gasteiger partial charge >= 0.3 is 0 Å². The molecule has 100 valence electrons. The molecule has 0 spiro atoms. The van der Waals surface area contributed by atoms with Crippen molar-refractivity contribution in [2.45, 2.75) is 20.0 Å².